The van der Waals surface area contributed by atoms with Crippen molar-refractivity contribution in [3.05, 3.63) is 24.3 Å². The number of ether oxygens (including phenoxy) is 1. The van der Waals surface area contributed by atoms with Crippen LogP contribution in [0.25, 0.3) is 0 Å². The molecule has 0 saturated heterocycles. The van der Waals surface area contributed by atoms with Gasteiger partial charge >= 0.3 is 0 Å². The third kappa shape index (κ3) is 3.90. The molecule has 0 aromatic heterocycles. The number of hydrogen-bond donors (Lipinski definition) is 1. The van der Waals surface area contributed by atoms with E-state index >= 15 is 0 Å². The molecule has 118 valence electrons. The minimum absolute atomic E-state index is 0.242. The van der Waals surface area contributed by atoms with E-state index in [1.54, 1.807) is 31.4 Å². The number of sulfonamides is 1. The Bertz CT molecular complexity index is 563. The van der Waals surface area contributed by atoms with Crippen molar-refractivity contribution >= 4 is 21.6 Å². The Kier molecular flexibility index (Phi) is 5.17. The van der Waals surface area contributed by atoms with Gasteiger partial charge in [-0.25, -0.2) is 13.1 Å². The van der Waals surface area contributed by atoms with Crippen LogP contribution in [-0.4, -0.2) is 26.9 Å². The molecule has 1 fully saturated rings. The molecule has 0 aliphatic heterocycles. The van der Waals surface area contributed by atoms with E-state index in [1.165, 1.54) is 0 Å². The van der Waals surface area contributed by atoms with Gasteiger partial charge in [0.1, 0.15) is 5.75 Å². The molecule has 0 bridgehead atoms. The molecule has 0 amide bonds. The quantitative estimate of drug-likeness (QED) is 0.843. The summed E-state index contributed by atoms with van der Waals surface area (Å²) in [6, 6.07) is 6.39. The van der Waals surface area contributed by atoms with Gasteiger partial charge in [0, 0.05) is 11.4 Å². The summed E-state index contributed by atoms with van der Waals surface area (Å²) in [7, 11) is -2.01. The predicted octanol–water partition coefficient (Wildman–Crippen LogP) is 3.16. The van der Waals surface area contributed by atoms with E-state index < -0.39 is 15.6 Å². The SMILES string of the molecule is COc1ccc(S(=O)(=O)NC2(CCl)CCC(C)CC2)cc1. The van der Waals surface area contributed by atoms with Crippen LogP contribution in [0.1, 0.15) is 32.6 Å². The molecule has 4 nitrogen and oxygen atoms in total. The monoisotopic (exact) mass is 331 g/mol. The molecule has 0 radical (unpaired) electrons. The van der Waals surface area contributed by atoms with E-state index in [4.69, 9.17) is 16.3 Å². The summed E-state index contributed by atoms with van der Waals surface area (Å²) in [4.78, 5) is 0.242. The van der Waals surface area contributed by atoms with Crippen molar-refractivity contribution in [1.29, 1.82) is 0 Å². The maximum Gasteiger partial charge on any atom is 0.241 e. The van der Waals surface area contributed by atoms with Crippen molar-refractivity contribution in [2.45, 2.75) is 43.0 Å². The van der Waals surface area contributed by atoms with E-state index in [9.17, 15) is 8.42 Å². The van der Waals surface area contributed by atoms with Crippen LogP contribution in [0, 0.1) is 5.92 Å². The Hall–Kier alpha value is -0.780. The first-order chi connectivity index (χ1) is 9.91. The summed E-state index contributed by atoms with van der Waals surface area (Å²) in [5.74, 6) is 1.56. The molecule has 0 unspecified atom stereocenters. The molecule has 0 spiro atoms. The van der Waals surface area contributed by atoms with Crippen molar-refractivity contribution in [3.63, 3.8) is 0 Å². The Morgan fingerprint density at radius 1 is 1.29 bits per heavy atom. The van der Waals surface area contributed by atoms with Crippen molar-refractivity contribution < 1.29 is 13.2 Å². The van der Waals surface area contributed by atoms with E-state index in [-0.39, 0.29) is 4.90 Å². The Balaban J connectivity index is 2.18. The molecule has 1 N–H and O–H groups in total. The second-order valence-electron chi connectivity index (χ2n) is 5.88. The van der Waals surface area contributed by atoms with Crippen molar-refractivity contribution in [2.24, 2.45) is 5.92 Å². The highest BCUT2D eigenvalue weighted by Crippen LogP contribution is 2.34. The van der Waals surface area contributed by atoms with Crippen LogP contribution in [0.15, 0.2) is 29.2 Å². The Morgan fingerprint density at radius 2 is 1.86 bits per heavy atom. The number of methoxy groups -OCH3 is 1. The van der Waals surface area contributed by atoms with Gasteiger partial charge in [0.2, 0.25) is 10.0 Å². The highest BCUT2D eigenvalue weighted by atomic mass is 35.5. The minimum Gasteiger partial charge on any atom is -0.497 e. The van der Waals surface area contributed by atoms with Crippen LogP contribution < -0.4 is 9.46 Å². The second kappa shape index (κ2) is 6.55. The topological polar surface area (TPSA) is 55.4 Å². The lowest BCUT2D eigenvalue weighted by molar-refractivity contribution is 0.247. The lowest BCUT2D eigenvalue weighted by Crippen LogP contribution is -2.51. The molecule has 0 heterocycles. The van der Waals surface area contributed by atoms with Crippen molar-refractivity contribution in [1.82, 2.24) is 4.72 Å². The smallest absolute Gasteiger partial charge is 0.241 e. The Morgan fingerprint density at radius 3 is 2.33 bits per heavy atom. The van der Waals surface area contributed by atoms with Gasteiger partial charge in [-0.2, -0.15) is 0 Å². The number of halogens is 1. The molecule has 1 aliphatic rings. The van der Waals surface area contributed by atoms with Crippen LogP contribution in [0.2, 0.25) is 0 Å². The van der Waals surface area contributed by atoms with Gasteiger partial charge in [0.25, 0.3) is 0 Å². The summed E-state index contributed by atoms with van der Waals surface area (Å²) in [5, 5.41) is 0. The zero-order chi connectivity index (χ0) is 15.5. The predicted molar refractivity (Wildman–Crippen MR) is 84.4 cm³/mol. The zero-order valence-corrected chi connectivity index (χ0v) is 14.0. The number of benzene rings is 1. The van der Waals surface area contributed by atoms with Crippen LogP contribution in [0.4, 0.5) is 0 Å². The summed E-state index contributed by atoms with van der Waals surface area (Å²) < 4.78 is 33.0. The van der Waals surface area contributed by atoms with Crippen LogP contribution in [0.5, 0.6) is 5.75 Å². The van der Waals surface area contributed by atoms with Gasteiger partial charge in [0.15, 0.2) is 0 Å². The first kappa shape index (κ1) is 16.6. The zero-order valence-electron chi connectivity index (χ0n) is 12.4. The van der Waals surface area contributed by atoms with E-state index in [0.717, 1.165) is 25.7 Å². The lowest BCUT2D eigenvalue weighted by Gasteiger charge is -2.38. The largest absolute Gasteiger partial charge is 0.497 e. The summed E-state index contributed by atoms with van der Waals surface area (Å²) >= 11 is 6.08. The van der Waals surface area contributed by atoms with Crippen LogP contribution in [-0.2, 0) is 10.0 Å². The first-order valence-electron chi connectivity index (χ1n) is 7.15. The highest BCUT2D eigenvalue weighted by molar-refractivity contribution is 7.89. The molecule has 21 heavy (non-hydrogen) atoms. The van der Waals surface area contributed by atoms with Gasteiger partial charge in [-0.1, -0.05) is 6.92 Å². The molecule has 0 atom stereocenters. The average molecular weight is 332 g/mol. The standard InChI is InChI=1S/C15H22ClNO3S/c1-12-7-9-15(11-16,10-8-12)17-21(18,19)14-5-3-13(20-2)4-6-14/h3-6,12,17H,7-11H2,1-2H3. The van der Waals surface area contributed by atoms with Crippen molar-refractivity contribution in [3.8, 4) is 5.75 Å². The highest BCUT2D eigenvalue weighted by Gasteiger charge is 2.37. The molecular formula is C15H22ClNO3S. The van der Waals surface area contributed by atoms with E-state index in [0.29, 0.717) is 17.5 Å². The van der Waals surface area contributed by atoms with Gasteiger partial charge < -0.3 is 4.74 Å². The maximum absolute atomic E-state index is 12.5. The number of nitrogens with one attached hydrogen (secondary N) is 1. The molecular weight excluding hydrogens is 310 g/mol. The summed E-state index contributed by atoms with van der Waals surface area (Å²) in [5.41, 5.74) is -0.521. The molecule has 2 rings (SSSR count). The normalized spacial score (nSPS) is 26.5. The van der Waals surface area contributed by atoms with Crippen LogP contribution >= 0.6 is 11.6 Å². The molecule has 1 aromatic carbocycles. The fourth-order valence-corrected chi connectivity index (χ4v) is 4.55. The Labute approximate surface area is 131 Å². The number of alkyl halides is 1. The molecule has 1 saturated carbocycles. The number of rotatable bonds is 5. The summed E-state index contributed by atoms with van der Waals surface area (Å²) in [6.07, 6.45) is 3.57. The van der Waals surface area contributed by atoms with Gasteiger partial charge in [-0.05, 0) is 55.9 Å². The fourth-order valence-electron chi connectivity index (χ4n) is 2.68. The molecule has 1 aliphatic carbocycles. The second-order valence-corrected chi connectivity index (χ2v) is 7.83. The minimum atomic E-state index is -3.56. The third-order valence-electron chi connectivity index (χ3n) is 4.21. The molecule has 1 aromatic rings. The van der Waals surface area contributed by atoms with Gasteiger partial charge in [-0.15, -0.1) is 11.6 Å². The van der Waals surface area contributed by atoms with E-state index in [1.807, 2.05) is 0 Å². The molecule has 6 heteroatoms. The number of hydrogen-bond acceptors (Lipinski definition) is 3. The van der Waals surface area contributed by atoms with Crippen molar-refractivity contribution in [2.75, 3.05) is 13.0 Å². The average Bonchev–Trinajstić information content (AvgIpc) is 2.50. The maximum atomic E-state index is 12.5. The third-order valence-corrected chi connectivity index (χ3v) is 6.31. The van der Waals surface area contributed by atoms with Gasteiger partial charge in [0.05, 0.1) is 12.0 Å². The van der Waals surface area contributed by atoms with Crippen LogP contribution in [0.3, 0.4) is 0 Å². The lowest BCUT2D eigenvalue weighted by atomic mass is 9.79. The summed E-state index contributed by atoms with van der Waals surface area (Å²) in [6.45, 7) is 2.19. The fraction of sp³-hybridized carbons (Fsp3) is 0.600. The first-order valence-corrected chi connectivity index (χ1v) is 9.16. The van der Waals surface area contributed by atoms with E-state index in [2.05, 4.69) is 11.6 Å². The van der Waals surface area contributed by atoms with Gasteiger partial charge in [-0.3, -0.25) is 0 Å².